The van der Waals surface area contributed by atoms with Crippen molar-refractivity contribution in [2.75, 3.05) is 12.0 Å². The molecule has 0 spiro atoms. The second-order valence-electron chi connectivity index (χ2n) is 5.93. The number of rotatable bonds is 6. The standard InChI is InChI=1S/C21H18BrClN2O3/c1-14(26)25(13-15-5-3-4-6-19(15)27-2)18-11-12-20(22)24-21(18)28-17-9-7-16(23)8-10-17/h3-12H,13H2,1-2H3. The molecule has 0 N–H and O–H groups in total. The van der Waals surface area contributed by atoms with Gasteiger partial charge in [-0.15, -0.1) is 0 Å². The van der Waals surface area contributed by atoms with Gasteiger partial charge in [-0.1, -0.05) is 29.8 Å². The van der Waals surface area contributed by atoms with E-state index in [9.17, 15) is 4.79 Å². The van der Waals surface area contributed by atoms with Crippen LogP contribution < -0.4 is 14.4 Å². The van der Waals surface area contributed by atoms with Gasteiger partial charge in [0.1, 0.15) is 21.8 Å². The number of aromatic nitrogens is 1. The molecule has 1 aromatic heterocycles. The summed E-state index contributed by atoms with van der Waals surface area (Å²) in [4.78, 5) is 18.5. The lowest BCUT2D eigenvalue weighted by molar-refractivity contribution is -0.116. The van der Waals surface area contributed by atoms with Crippen LogP contribution in [0.15, 0.2) is 65.3 Å². The van der Waals surface area contributed by atoms with Crippen LogP contribution in [0.2, 0.25) is 5.02 Å². The molecule has 1 heterocycles. The largest absolute Gasteiger partial charge is 0.496 e. The Kier molecular flexibility index (Phi) is 6.54. The minimum Gasteiger partial charge on any atom is -0.496 e. The molecule has 0 aliphatic carbocycles. The molecule has 0 saturated heterocycles. The number of anilines is 1. The Morgan fingerprint density at radius 2 is 1.82 bits per heavy atom. The Morgan fingerprint density at radius 3 is 2.50 bits per heavy atom. The van der Waals surface area contributed by atoms with Crippen molar-refractivity contribution >= 4 is 39.1 Å². The van der Waals surface area contributed by atoms with Crippen molar-refractivity contribution < 1.29 is 14.3 Å². The zero-order valence-electron chi connectivity index (χ0n) is 15.4. The third-order valence-corrected chi connectivity index (χ3v) is 4.72. The maximum absolute atomic E-state index is 12.5. The Labute approximate surface area is 177 Å². The summed E-state index contributed by atoms with van der Waals surface area (Å²) < 4.78 is 12.0. The van der Waals surface area contributed by atoms with Gasteiger partial charge in [-0.2, -0.15) is 0 Å². The van der Waals surface area contributed by atoms with E-state index in [0.29, 0.717) is 39.2 Å². The predicted molar refractivity (Wildman–Crippen MR) is 113 cm³/mol. The van der Waals surface area contributed by atoms with Gasteiger partial charge in [0.15, 0.2) is 0 Å². The van der Waals surface area contributed by atoms with Crippen LogP contribution in [0.3, 0.4) is 0 Å². The van der Waals surface area contributed by atoms with E-state index in [0.717, 1.165) is 5.56 Å². The van der Waals surface area contributed by atoms with Gasteiger partial charge in [0.05, 0.1) is 13.7 Å². The third-order valence-electron chi connectivity index (χ3n) is 4.03. The number of hydrogen-bond donors (Lipinski definition) is 0. The maximum Gasteiger partial charge on any atom is 0.244 e. The van der Waals surface area contributed by atoms with Crippen molar-refractivity contribution in [1.82, 2.24) is 4.98 Å². The highest BCUT2D eigenvalue weighted by atomic mass is 79.9. The maximum atomic E-state index is 12.5. The quantitative estimate of drug-likeness (QED) is 0.432. The molecule has 2 aromatic carbocycles. The second-order valence-corrected chi connectivity index (χ2v) is 7.18. The lowest BCUT2D eigenvalue weighted by Gasteiger charge is -2.24. The molecule has 1 amide bonds. The number of nitrogens with zero attached hydrogens (tertiary/aromatic N) is 2. The van der Waals surface area contributed by atoms with E-state index in [1.807, 2.05) is 24.3 Å². The number of carbonyl (C=O) groups excluding carboxylic acids is 1. The minimum atomic E-state index is -0.143. The van der Waals surface area contributed by atoms with E-state index in [4.69, 9.17) is 21.1 Å². The number of amides is 1. The highest BCUT2D eigenvalue weighted by Gasteiger charge is 2.20. The van der Waals surface area contributed by atoms with Gasteiger partial charge in [0.2, 0.25) is 11.8 Å². The first-order valence-electron chi connectivity index (χ1n) is 8.48. The Balaban J connectivity index is 1.98. The number of hydrogen-bond acceptors (Lipinski definition) is 4. The van der Waals surface area contributed by atoms with Gasteiger partial charge in [-0.05, 0) is 58.4 Å². The minimum absolute atomic E-state index is 0.143. The van der Waals surface area contributed by atoms with Crippen molar-refractivity contribution in [3.63, 3.8) is 0 Å². The van der Waals surface area contributed by atoms with Crippen LogP contribution in [0.4, 0.5) is 5.69 Å². The Bertz CT molecular complexity index is 980. The predicted octanol–water partition coefficient (Wildman–Crippen LogP) is 5.85. The van der Waals surface area contributed by atoms with Crippen LogP contribution >= 0.6 is 27.5 Å². The lowest BCUT2D eigenvalue weighted by atomic mass is 10.1. The van der Waals surface area contributed by atoms with Gasteiger partial charge in [0.25, 0.3) is 0 Å². The second kappa shape index (κ2) is 9.08. The fourth-order valence-corrected chi connectivity index (χ4v) is 3.09. The Morgan fingerprint density at radius 1 is 1.11 bits per heavy atom. The topological polar surface area (TPSA) is 51.7 Å². The van der Waals surface area contributed by atoms with Crippen molar-refractivity contribution in [2.45, 2.75) is 13.5 Å². The van der Waals surface area contributed by atoms with E-state index in [2.05, 4.69) is 20.9 Å². The van der Waals surface area contributed by atoms with Crippen LogP contribution in [-0.4, -0.2) is 18.0 Å². The van der Waals surface area contributed by atoms with Gasteiger partial charge >= 0.3 is 0 Å². The summed E-state index contributed by atoms with van der Waals surface area (Å²) in [5.74, 6) is 1.44. The summed E-state index contributed by atoms with van der Waals surface area (Å²) in [6.45, 7) is 1.82. The van der Waals surface area contributed by atoms with Crippen LogP contribution in [0.5, 0.6) is 17.4 Å². The molecular weight excluding hydrogens is 444 g/mol. The van der Waals surface area contributed by atoms with Crippen molar-refractivity contribution in [3.8, 4) is 17.4 Å². The molecule has 0 aliphatic heterocycles. The molecule has 28 heavy (non-hydrogen) atoms. The van der Waals surface area contributed by atoms with Crippen LogP contribution in [0, 0.1) is 0 Å². The molecule has 0 radical (unpaired) electrons. The average molecular weight is 462 g/mol. The van der Waals surface area contributed by atoms with Gasteiger partial charge in [-0.25, -0.2) is 4.98 Å². The van der Waals surface area contributed by atoms with E-state index < -0.39 is 0 Å². The number of carbonyl (C=O) groups is 1. The summed E-state index contributed by atoms with van der Waals surface area (Å²) in [6.07, 6.45) is 0. The molecule has 3 aromatic rings. The molecular formula is C21H18BrClN2O3. The molecule has 3 rings (SSSR count). The van der Waals surface area contributed by atoms with Crippen molar-refractivity contribution in [3.05, 3.63) is 75.9 Å². The molecule has 0 aliphatic rings. The van der Waals surface area contributed by atoms with E-state index in [-0.39, 0.29) is 5.91 Å². The number of pyridine rings is 1. The van der Waals surface area contributed by atoms with Crippen LogP contribution in [0.25, 0.3) is 0 Å². The zero-order valence-corrected chi connectivity index (χ0v) is 17.7. The molecule has 0 atom stereocenters. The summed E-state index contributed by atoms with van der Waals surface area (Å²) in [5, 5.41) is 0.608. The molecule has 0 unspecified atom stereocenters. The van der Waals surface area contributed by atoms with Crippen molar-refractivity contribution in [1.29, 1.82) is 0 Å². The number of para-hydroxylation sites is 1. The van der Waals surface area contributed by atoms with Crippen LogP contribution in [-0.2, 0) is 11.3 Å². The molecule has 0 bridgehead atoms. The molecule has 0 fully saturated rings. The molecule has 144 valence electrons. The van der Waals surface area contributed by atoms with Crippen molar-refractivity contribution in [2.24, 2.45) is 0 Å². The van der Waals surface area contributed by atoms with Crippen LogP contribution in [0.1, 0.15) is 12.5 Å². The van der Waals surface area contributed by atoms with Gasteiger partial charge < -0.3 is 14.4 Å². The third kappa shape index (κ3) is 4.82. The highest BCUT2D eigenvalue weighted by molar-refractivity contribution is 9.10. The van der Waals surface area contributed by atoms with Gasteiger partial charge in [-0.3, -0.25) is 4.79 Å². The smallest absolute Gasteiger partial charge is 0.244 e. The highest BCUT2D eigenvalue weighted by Crippen LogP contribution is 2.34. The first kappa shape index (κ1) is 20.2. The SMILES string of the molecule is COc1ccccc1CN(C(C)=O)c1ccc(Br)nc1Oc1ccc(Cl)cc1. The summed E-state index contributed by atoms with van der Waals surface area (Å²) in [6, 6.07) is 18.1. The lowest BCUT2D eigenvalue weighted by Crippen LogP contribution is -2.28. The monoisotopic (exact) mass is 460 g/mol. The molecule has 0 saturated carbocycles. The number of methoxy groups -OCH3 is 1. The fraction of sp³-hybridized carbons (Fsp3) is 0.143. The number of ether oxygens (including phenoxy) is 2. The average Bonchev–Trinajstić information content (AvgIpc) is 2.68. The fourth-order valence-electron chi connectivity index (χ4n) is 2.68. The normalized spacial score (nSPS) is 10.4. The number of benzene rings is 2. The van der Waals surface area contributed by atoms with E-state index >= 15 is 0 Å². The van der Waals surface area contributed by atoms with E-state index in [1.165, 1.54) is 6.92 Å². The first-order valence-corrected chi connectivity index (χ1v) is 9.65. The molecule has 7 heteroatoms. The Hall–Kier alpha value is -2.57. The zero-order chi connectivity index (χ0) is 20.1. The number of halogens is 2. The summed E-state index contributed by atoms with van der Waals surface area (Å²) in [5.41, 5.74) is 1.43. The first-order chi connectivity index (χ1) is 13.5. The van der Waals surface area contributed by atoms with Gasteiger partial charge in [0, 0.05) is 17.5 Å². The summed E-state index contributed by atoms with van der Waals surface area (Å²) >= 11 is 9.30. The summed E-state index contributed by atoms with van der Waals surface area (Å²) in [7, 11) is 1.60. The van der Waals surface area contributed by atoms with E-state index in [1.54, 1.807) is 48.4 Å². The molecule has 5 nitrogen and oxygen atoms in total.